The van der Waals surface area contributed by atoms with E-state index in [0.717, 1.165) is 11.7 Å². The average molecular weight is 308 g/mol. The zero-order valence-corrected chi connectivity index (χ0v) is 12.3. The molecular weight excluding hydrogens is 296 g/mol. The molecular formula is C18H12O5. The topological polar surface area (TPSA) is 69.7 Å². The fourth-order valence-corrected chi connectivity index (χ4v) is 2.84. The van der Waals surface area contributed by atoms with Crippen molar-refractivity contribution in [2.75, 3.05) is 6.61 Å². The van der Waals surface area contributed by atoms with E-state index in [-0.39, 0.29) is 12.4 Å². The van der Waals surface area contributed by atoms with Crippen LogP contribution in [0.4, 0.5) is 0 Å². The summed E-state index contributed by atoms with van der Waals surface area (Å²) in [4.78, 5) is 23.5. The van der Waals surface area contributed by atoms with Gasteiger partial charge in [0.25, 0.3) is 0 Å². The number of hydrogen-bond acceptors (Lipinski definition) is 5. The Morgan fingerprint density at radius 2 is 2.00 bits per heavy atom. The van der Waals surface area contributed by atoms with Crippen LogP contribution < -0.4 is 0 Å². The molecule has 0 aliphatic rings. The third-order valence-electron chi connectivity index (χ3n) is 3.78. The molecule has 4 aromatic rings. The second kappa shape index (κ2) is 4.98. The van der Waals surface area contributed by atoms with Gasteiger partial charge in [0.05, 0.1) is 12.2 Å². The summed E-state index contributed by atoms with van der Waals surface area (Å²) in [6.45, 7) is 1.97. The molecule has 0 spiro atoms. The lowest BCUT2D eigenvalue weighted by Crippen LogP contribution is -2.02. The van der Waals surface area contributed by atoms with E-state index in [9.17, 15) is 9.59 Å². The van der Waals surface area contributed by atoms with E-state index in [1.807, 2.05) is 24.3 Å². The van der Waals surface area contributed by atoms with E-state index >= 15 is 0 Å². The first-order valence-corrected chi connectivity index (χ1v) is 7.23. The Labute approximate surface area is 130 Å². The molecule has 0 saturated carbocycles. The van der Waals surface area contributed by atoms with Crippen LogP contribution in [0.15, 0.2) is 45.2 Å². The molecule has 0 atom stereocenters. The van der Waals surface area contributed by atoms with Gasteiger partial charge in [-0.3, -0.25) is 4.79 Å². The molecule has 0 N–H and O–H groups in total. The third-order valence-corrected chi connectivity index (χ3v) is 3.78. The molecule has 0 aliphatic heterocycles. The second-order valence-corrected chi connectivity index (χ2v) is 5.13. The summed E-state index contributed by atoms with van der Waals surface area (Å²) < 4.78 is 16.3. The number of benzene rings is 2. The van der Waals surface area contributed by atoms with Crippen molar-refractivity contribution in [1.82, 2.24) is 0 Å². The Kier molecular flexibility index (Phi) is 2.94. The molecule has 2 aromatic heterocycles. The summed E-state index contributed by atoms with van der Waals surface area (Å²) in [6, 6.07) is 10.8. The number of esters is 1. The fourth-order valence-electron chi connectivity index (χ4n) is 2.84. The Morgan fingerprint density at radius 1 is 1.17 bits per heavy atom. The molecule has 2 heterocycles. The van der Waals surface area contributed by atoms with Crippen LogP contribution >= 0.6 is 0 Å². The van der Waals surface area contributed by atoms with Crippen molar-refractivity contribution < 1.29 is 23.2 Å². The maximum Gasteiger partial charge on any atom is 0.374 e. The highest BCUT2D eigenvalue weighted by atomic mass is 16.5. The molecule has 114 valence electrons. The summed E-state index contributed by atoms with van der Waals surface area (Å²) in [5.41, 5.74) is 2.01. The number of aldehydes is 1. The van der Waals surface area contributed by atoms with Crippen LogP contribution in [0, 0.1) is 0 Å². The van der Waals surface area contributed by atoms with E-state index in [1.165, 1.54) is 0 Å². The SMILES string of the molecule is CCOC(=O)c1cc2cc3oc4ccccc4c3c(C=O)c2o1. The van der Waals surface area contributed by atoms with Gasteiger partial charge in [-0.15, -0.1) is 0 Å². The van der Waals surface area contributed by atoms with E-state index in [1.54, 1.807) is 19.1 Å². The van der Waals surface area contributed by atoms with Crippen LogP contribution in [-0.4, -0.2) is 18.9 Å². The van der Waals surface area contributed by atoms with Crippen LogP contribution in [0.5, 0.6) is 0 Å². The first-order chi connectivity index (χ1) is 11.2. The van der Waals surface area contributed by atoms with Gasteiger partial charge in [0.15, 0.2) is 6.29 Å². The van der Waals surface area contributed by atoms with Crippen LogP contribution in [0.25, 0.3) is 32.9 Å². The normalized spacial score (nSPS) is 11.3. The summed E-state index contributed by atoms with van der Waals surface area (Å²) in [5, 5.41) is 2.15. The summed E-state index contributed by atoms with van der Waals surface area (Å²) >= 11 is 0. The predicted molar refractivity (Wildman–Crippen MR) is 84.8 cm³/mol. The summed E-state index contributed by atoms with van der Waals surface area (Å²) in [5.74, 6) is -0.482. The fraction of sp³-hybridized carbons (Fsp3) is 0.111. The van der Waals surface area contributed by atoms with Crippen LogP contribution in [-0.2, 0) is 4.74 Å². The van der Waals surface area contributed by atoms with Crippen molar-refractivity contribution in [2.45, 2.75) is 6.92 Å². The zero-order valence-electron chi connectivity index (χ0n) is 12.3. The van der Waals surface area contributed by atoms with Crippen molar-refractivity contribution in [2.24, 2.45) is 0 Å². The third kappa shape index (κ3) is 1.93. The molecule has 23 heavy (non-hydrogen) atoms. The monoisotopic (exact) mass is 308 g/mol. The molecule has 0 amide bonds. The highest BCUT2D eigenvalue weighted by Gasteiger charge is 2.20. The minimum atomic E-state index is -0.554. The number of carbonyl (C=O) groups is 2. The first kappa shape index (κ1) is 13.6. The number of hydrogen-bond donors (Lipinski definition) is 0. The molecule has 0 aliphatic carbocycles. The molecule has 0 saturated heterocycles. The predicted octanol–water partition coefficient (Wildman–Crippen LogP) is 4.32. The molecule has 4 rings (SSSR count). The van der Waals surface area contributed by atoms with Gasteiger partial charge in [0.1, 0.15) is 16.7 Å². The van der Waals surface area contributed by atoms with E-state index in [0.29, 0.717) is 33.1 Å². The smallest absolute Gasteiger partial charge is 0.374 e. The van der Waals surface area contributed by atoms with Crippen molar-refractivity contribution >= 4 is 45.2 Å². The highest BCUT2D eigenvalue weighted by molar-refractivity contribution is 6.19. The van der Waals surface area contributed by atoms with Crippen LogP contribution in [0.1, 0.15) is 27.8 Å². The van der Waals surface area contributed by atoms with Crippen LogP contribution in [0.2, 0.25) is 0 Å². The minimum absolute atomic E-state index is 0.0712. The minimum Gasteiger partial charge on any atom is -0.460 e. The maximum absolute atomic E-state index is 11.8. The average Bonchev–Trinajstić information content (AvgIpc) is 3.13. The highest BCUT2D eigenvalue weighted by Crippen LogP contribution is 2.36. The van der Waals surface area contributed by atoms with Gasteiger partial charge in [0.2, 0.25) is 5.76 Å². The lowest BCUT2D eigenvalue weighted by Gasteiger charge is -1.97. The Bertz CT molecular complexity index is 1070. The largest absolute Gasteiger partial charge is 0.460 e. The van der Waals surface area contributed by atoms with E-state index < -0.39 is 5.97 Å². The lowest BCUT2D eigenvalue weighted by atomic mass is 10.0. The lowest BCUT2D eigenvalue weighted by molar-refractivity contribution is 0.0492. The van der Waals surface area contributed by atoms with E-state index in [4.69, 9.17) is 13.6 Å². The van der Waals surface area contributed by atoms with Crippen molar-refractivity contribution in [3.63, 3.8) is 0 Å². The van der Waals surface area contributed by atoms with Gasteiger partial charge in [0, 0.05) is 16.2 Å². The van der Waals surface area contributed by atoms with Gasteiger partial charge < -0.3 is 13.6 Å². The summed E-state index contributed by atoms with van der Waals surface area (Å²) in [6.07, 6.45) is 0.727. The van der Waals surface area contributed by atoms with E-state index in [2.05, 4.69) is 0 Å². The maximum atomic E-state index is 11.8. The zero-order chi connectivity index (χ0) is 16.0. The number of furan rings is 2. The first-order valence-electron chi connectivity index (χ1n) is 7.23. The van der Waals surface area contributed by atoms with Gasteiger partial charge in [-0.05, 0) is 25.1 Å². The molecule has 2 aromatic carbocycles. The number of rotatable bonds is 3. The quantitative estimate of drug-likeness (QED) is 0.416. The van der Waals surface area contributed by atoms with Crippen molar-refractivity contribution in [3.05, 3.63) is 47.7 Å². The molecule has 0 fully saturated rings. The van der Waals surface area contributed by atoms with Crippen molar-refractivity contribution in [1.29, 1.82) is 0 Å². The molecule has 0 bridgehead atoms. The number of para-hydroxylation sites is 1. The Hall–Kier alpha value is -3.08. The van der Waals surface area contributed by atoms with Crippen molar-refractivity contribution in [3.8, 4) is 0 Å². The number of ether oxygens (including phenoxy) is 1. The molecule has 0 radical (unpaired) electrons. The number of fused-ring (bicyclic) bond motifs is 4. The Morgan fingerprint density at radius 3 is 2.78 bits per heavy atom. The number of carbonyl (C=O) groups excluding carboxylic acids is 2. The van der Waals surface area contributed by atoms with Gasteiger partial charge >= 0.3 is 5.97 Å². The summed E-state index contributed by atoms with van der Waals surface area (Å²) in [7, 11) is 0. The Balaban J connectivity index is 2.08. The molecule has 5 heteroatoms. The standard InChI is InChI=1S/C18H12O5/c1-2-21-18(20)15-8-10-7-14-16(12(9-19)17(10)23-15)11-5-3-4-6-13(11)22-14/h3-9H,2H2,1H3. The van der Waals surface area contributed by atoms with Gasteiger partial charge in [-0.2, -0.15) is 0 Å². The molecule has 5 nitrogen and oxygen atoms in total. The molecule has 0 unspecified atom stereocenters. The van der Waals surface area contributed by atoms with Crippen LogP contribution in [0.3, 0.4) is 0 Å². The van der Waals surface area contributed by atoms with Gasteiger partial charge in [-0.1, -0.05) is 18.2 Å². The second-order valence-electron chi connectivity index (χ2n) is 5.13. The van der Waals surface area contributed by atoms with Gasteiger partial charge in [-0.25, -0.2) is 4.79 Å².